The van der Waals surface area contributed by atoms with E-state index in [-0.39, 0.29) is 0 Å². The van der Waals surface area contributed by atoms with Crippen molar-refractivity contribution in [2.75, 3.05) is 0 Å². The highest BCUT2D eigenvalue weighted by atomic mass is 14.0. The Labute approximate surface area is 127 Å². The lowest BCUT2D eigenvalue weighted by Crippen LogP contribution is -1.91. The molecule has 0 unspecified atom stereocenters. The van der Waals surface area contributed by atoms with Crippen molar-refractivity contribution >= 4 is 0 Å². The Morgan fingerprint density at radius 1 is 0.700 bits per heavy atom. The number of hydrogen-bond acceptors (Lipinski definition) is 0. The summed E-state index contributed by atoms with van der Waals surface area (Å²) >= 11 is 0. The molecule has 1 aromatic carbocycles. The molecule has 0 aromatic heterocycles. The van der Waals surface area contributed by atoms with Gasteiger partial charge in [-0.2, -0.15) is 0 Å². The van der Waals surface area contributed by atoms with E-state index >= 15 is 0 Å². The molecule has 0 aliphatic rings. The lowest BCUT2D eigenvalue weighted by atomic mass is 9.99. The van der Waals surface area contributed by atoms with Crippen LogP contribution in [-0.2, 0) is 6.42 Å². The minimum atomic E-state index is 1.27. The van der Waals surface area contributed by atoms with Gasteiger partial charge in [-0.05, 0) is 37.8 Å². The van der Waals surface area contributed by atoms with Crippen molar-refractivity contribution < 1.29 is 0 Å². The topological polar surface area (TPSA) is 0 Å². The fourth-order valence-electron chi connectivity index (χ4n) is 2.93. The molecule has 0 radical (unpaired) electrons. The first kappa shape index (κ1) is 17.3. The molecule has 1 aromatic rings. The van der Waals surface area contributed by atoms with Crippen molar-refractivity contribution in [3.05, 3.63) is 34.9 Å². The minimum absolute atomic E-state index is 1.27. The molecule has 0 amide bonds. The van der Waals surface area contributed by atoms with Crippen LogP contribution in [0.25, 0.3) is 0 Å². The van der Waals surface area contributed by atoms with Crippen molar-refractivity contribution in [2.24, 2.45) is 0 Å². The van der Waals surface area contributed by atoms with Gasteiger partial charge in [-0.1, -0.05) is 88.5 Å². The maximum Gasteiger partial charge on any atom is -0.0276 e. The molecule has 0 aliphatic carbocycles. The summed E-state index contributed by atoms with van der Waals surface area (Å²) in [5.74, 6) is 0. The molecular weight excluding hydrogens is 240 g/mol. The Morgan fingerprint density at radius 2 is 1.25 bits per heavy atom. The van der Waals surface area contributed by atoms with Crippen LogP contribution in [0.5, 0.6) is 0 Å². The summed E-state index contributed by atoms with van der Waals surface area (Å²) < 4.78 is 0. The number of rotatable bonds is 11. The molecule has 0 saturated heterocycles. The number of aryl methyl sites for hydroxylation is 3. The predicted octanol–water partition coefficient (Wildman–Crippen LogP) is 6.77. The smallest absolute Gasteiger partial charge is 0.0276 e. The first-order chi connectivity index (χ1) is 9.74. The summed E-state index contributed by atoms with van der Waals surface area (Å²) in [6.45, 7) is 6.71. The summed E-state index contributed by atoms with van der Waals surface area (Å²) in [5, 5.41) is 0. The zero-order valence-corrected chi connectivity index (χ0v) is 14.0. The Balaban J connectivity index is 1.97. The molecule has 0 heteroatoms. The van der Waals surface area contributed by atoms with Crippen LogP contribution in [0.1, 0.15) is 87.8 Å². The number of hydrogen-bond donors (Lipinski definition) is 0. The van der Waals surface area contributed by atoms with Crippen LogP contribution in [0.15, 0.2) is 18.2 Å². The largest absolute Gasteiger partial charge is 0.0654 e. The van der Waals surface area contributed by atoms with E-state index < -0.39 is 0 Å². The first-order valence-electron chi connectivity index (χ1n) is 8.80. The van der Waals surface area contributed by atoms with Gasteiger partial charge in [0, 0.05) is 0 Å². The third-order valence-corrected chi connectivity index (χ3v) is 4.30. The molecule has 114 valence electrons. The molecule has 0 saturated carbocycles. The van der Waals surface area contributed by atoms with E-state index in [2.05, 4.69) is 39.0 Å². The van der Waals surface area contributed by atoms with Crippen LogP contribution in [0.2, 0.25) is 0 Å². The monoisotopic (exact) mass is 274 g/mol. The highest BCUT2D eigenvalue weighted by Gasteiger charge is 1.99. The van der Waals surface area contributed by atoms with Crippen LogP contribution in [-0.4, -0.2) is 0 Å². The van der Waals surface area contributed by atoms with Gasteiger partial charge in [-0.25, -0.2) is 0 Å². The van der Waals surface area contributed by atoms with Gasteiger partial charge in [0.1, 0.15) is 0 Å². The lowest BCUT2D eigenvalue weighted by Gasteiger charge is -2.07. The molecule has 0 fully saturated rings. The first-order valence-corrected chi connectivity index (χ1v) is 8.80. The third-order valence-electron chi connectivity index (χ3n) is 4.30. The highest BCUT2D eigenvalue weighted by molar-refractivity contribution is 5.30. The van der Waals surface area contributed by atoms with Gasteiger partial charge >= 0.3 is 0 Å². The van der Waals surface area contributed by atoms with Gasteiger partial charge in [-0.15, -0.1) is 0 Å². The Kier molecular flexibility index (Phi) is 9.45. The molecule has 20 heavy (non-hydrogen) atoms. The molecular formula is C20H34. The quantitative estimate of drug-likeness (QED) is 0.391. The van der Waals surface area contributed by atoms with Gasteiger partial charge in [-0.3, -0.25) is 0 Å². The van der Waals surface area contributed by atoms with Crippen LogP contribution < -0.4 is 0 Å². The van der Waals surface area contributed by atoms with Crippen molar-refractivity contribution in [3.8, 4) is 0 Å². The standard InChI is InChI=1S/C20H34/c1-4-5-6-7-8-9-10-11-12-13-14-20-16-15-18(2)17-19(20)3/h15-17H,4-14H2,1-3H3. The van der Waals surface area contributed by atoms with E-state index in [4.69, 9.17) is 0 Å². The average molecular weight is 274 g/mol. The lowest BCUT2D eigenvalue weighted by molar-refractivity contribution is 0.556. The predicted molar refractivity (Wildman–Crippen MR) is 91.5 cm³/mol. The Morgan fingerprint density at radius 3 is 1.80 bits per heavy atom. The second-order valence-corrected chi connectivity index (χ2v) is 6.36. The summed E-state index contributed by atoms with van der Waals surface area (Å²) in [6.07, 6.45) is 15.5. The second-order valence-electron chi connectivity index (χ2n) is 6.36. The fourth-order valence-corrected chi connectivity index (χ4v) is 2.93. The summed E-state index contributed by atoms with van der Waals surface area (Å²) in [4.78, 5) is 0. The maximum atomic E-state index is 2.32. The normalized spacial score (nSPS) is 10.9. The zero-order chi connectivity index (χ0) is 14.6. The minimum Gasteiger partial charge on any atom is -0.0654 e. The Bertz CT molecular complexity index is 351. The number of benzene rings is 1. The highest BCUT2D eigenvalue weighted by Crippen LogP contribution is 2.15. The molecule has 0 nitrogen and oxygen atoms in total. The van der Waals surface area contributed by atoms with Gasteiger partial charge in [0.2, 0.25) is 0 Å². The molecule has 0 atom stereocenters. The Hall–Kier alpha value is -0.780. The molecule has 0 aliphatic heterocycles. The number of unbranched alkanes of at least 4 members (excludes halogenated alkanes) is 9. The van der Waals surface area contributed by atoms with E-state index in [0.717, 1.165) is 0 Å². The summed E-state index contributed by atoms with van der Waals surface area (Å²) in [7, 11) is 0. The fraction of sp³-hybridized carbons (Fsp3) is 0.700. The molecule has 0 spiro atoms. The van der Waals surface area contributed by atoms with Crippen LogP contribution >= 0.6 is 0 Å². The molecule has 0 N–H and O–H groups in total. The van der Waals surface area contributed by atoms with Crippen LogP contribution in [0, 0.1) is 13.8 Å². The van der Waals surface area contributed by atoms with E-state index in [9.17, 15) is 0 Å². The zero-order valence-electron chi connectivity index (χ0n) is 14.0. The van der Waals surface area contributed by atoms with E-state index in [0.29, 0.717) is 0 Å². The van der Waals surface area contributed by atoms with E-state index in [1.165, 1.54) is 81.8 Å². The molecule has 0 heterocycles. The van der Waals surface area contributed by atoms with Gasteiger partial charge in [0.25, 0.3) is 0 Å². The summed E-state index contributed by atoms with van der Waals surface area (Å²) in [5.41, 5.74) is 4.41. The SMILES string of the molecule is CCCCCCCCCCCCc1ccc(C)cc1C. The van der Waals surface area contributed by atoms with Crippen LogP contribution in [0.3, 0.4) is 0 Å². The average Bonchev–Trinajstić information content (AvgIpc) is 2.43. The third kappa shape index (κ3) is 7.72. The molecule has 1 rings (SSSR count). The van der Waals surface area contributed by atoms with E-state index in [1.54, 1.807) is 5.56 Å². The van der Waals surface area contributed by atoms with Crippen molar-refractivity contribution in [2.45, 2.75) is 91.4 Å². The van der Waals surface area contributed by atoms with Crippen molar-refractivity contribution in [1.82, 2.24) is 0 Å². The summed E-state index contributed by atoms with van der Waals surface area (Å²) in [6, 6.07) is 6.88. The van der Waals surface area contributed by atoms with Crippen LogP contribution in [0.4, 0.5) is 0 Å². The van der Waals surface area contributed by atoms with Gasteiger partial charge in [0.15, 0.2) is 0 Å². The second kappa shape index (κ2) is 10.9. The van der Waals surface area contributed by atoms with Gasteiger partial charge < -0.3 is 0 Å². The van der Waals surface area contributed by atoms with Crippen molar-refractivity contribution in [3.63, 3.8) is 0 Å². The van der Waals surface area contributed by atoms with E-state index in [1.807, 2.05) is 0 Å². The molecule has 0 bridgehead atoms. The maximum absolute atomic E-state index is 2.32. The van der Waals surface area contributed by atoms with Gasteiger partial charge in [0.05, 0.1) is 0 Å². The van der Waals surface area contributed by atoms with Crippen molar-refractivity contribution in [1.29, 1.82) is 0 Å².